The Morgan fingerprint density at radius 3 is 2.56 bits per heavy atom. The van der Waals surface area contributed by atoms with E-state index in [2.05, 4.69) is 9.97 Å². The summed E-state index contributed by atoms with van der Waals surface area (Å²) in [7, 11) is 1.58. The first kappa shape index (κ1) is 20.9. The molecule has 0 unspecified atom stereocenters. The van der Waals surface area contributed by atoms with E-state index in [4.69, 9.17) is 9.47 Å². The first-order valence-corrected chi connectivity index (χ1v) is 9.40. The minimum Gasteiger partial charge on any atom is -0.458 e. The summed E-state index contributed by atoms with van der Waals surface area (Å²) >= 11 is 0. The van der Waals surface area contributed by atoms with Gasteiger partial charge in [0.15, 0.2) is 11.2 Å². The number of esters is 1. The highest BCUT2D eigenvalue weighted by molar-refractivity contribution is 5.71. The Balaban J connectivity index is 2.36. The molecular weight excluding hydrogens is 352 g/mol. The smallest absolute Gasteiger partial charge is 0.330 e. The number of aryl methyl sites for hydroxylation is 2. The van der Waals surface area contributed by atoms with E-state index < -0.39 is 11.2 Å². The predicted octanol–water partition coefficient (Wildman–Crippen LogP) is 1.57. The number of carbonyl (C=O) groups excluding carboxylic acids is 1. The van der Waals surface area contributed by atoms with Gasteiger partial charge in [0.05, 0.1) is 0 Å². The summed E-state index contributed by atoms with van der Waals surface area (Å²) < 4.78 is 13.4. The van der Waals surface area contributed by atoms with Crippen LogP contribution in [0.15, 0.2) is 9.59 Å². The van der Waals surface area contributed by atoms with Crippen molar-refractivity contribution in [1.82, 2.24) is 19.1 Å². The van der Waals surface area contributed by atoms with Gasteiger partial charge in [0.2, 0.25) is 0 Å². The van der Waals surface area contributed by atoms with Crippen LogP contribution in [0.25, 0.3) is 11.2 Å². The monoisotopic (exact) mass is 380 g/mol. The van der Waals surface area contributed by atoms with Crippen molar-refractivity contribution in [3.05, 3.63) is 26.7 Å². The zero-order valence-corrected chi connectivity index (χ0v) is 16.2. The van der Waals surface area contributed by atoms with Crippen molar-refractivity contribution in [2.24, 2.45) is 0 Å². The van der Waals surface area contributed by atoms with Gasteiger partial charge in [0.1, 0.15) is 12.4 Å². The Kier molecular flexibility index (Phi) is 7.78. The molecule has 2 aromatic heterocycles. The average molecular weight is 380 g/mol. The molecule has 1 N–H and O–H groups in total. The number of nitrogens with one attached hydrogen (secondary N) is 1. The van der Waals surface area contributed by atoms with Crippen LogP contribution in [0.1, 0.15) is 51.8 Å². The number of nitrogens with zero attached hydrogens (tertiary/aromatic N) is 3. The largest absolute Gasteiger partial charge is 0.458 e. The number of hydrogen-bond donors (Lipinski definition) is 1. The van der Waals surface area contributed by atoms with Crippen LogP contribution in [0, 0.1) is 0 Å². The third-order valence-electron chi connectivity index (χ3n) is 4.24. The molecular formula is C18H28N4O5. The number of fused-ring (bicyclic) bond motifs is 1. The number of imidazole rings is 1. The van der Waals surface area contributed by atoms with Gasteiger partial charge in [-0.3, -0.25) is 19.1 Å². The highest BCUT2D eigenvalue weighted by Gasteiger charge is 2.19. The third-order valence-corrected chi connectivity index (χ3v) is 4.24. The van der Waals surface area contributed by atoms with Crippen LogP contribution in [-0.2, 0) is 34.0 Å². The summed E-state index contributed by atoms with van der Waals surface area (Å²) in [5, 5.41) is 0. The SMILES string of the molecule is CCCCn1c(=O)[nH]c(=O)c2c1nc(COC(=O)CCCOC)n2CCC. The number of carbonyl (C=O) groups is 1. The number of rotatable bonds is 11. The van der Waals surface area contributed by atoms with Gasteiger partial charge in [0, 0.05) is 33.2 Å². The number of methoxy groups -OCH3 is 1. The first-order valence-electron chi connectivity index (χ1n) is 9.40. The van der Waals surface area contributed by atoms with E-state index in [0.29, 0.717) is 43.1 Å². The lowest BCUT2D eigenvalue weighted by Gasteiger charge is -2.08. The maximum atomic E-state index is 12.4. The van der Waals surface area contributed by atoms with E-state index in [1.54, 1.807) is 11.7 Å². The molecule has 0 aliphatic rings. The number of aromatic amines is 1. The lowest BCUT2D eigenvalue weighted by molar-refractivity contribution is -0.145. The molecule has 0 amide bonds. The molecule has 0 aliphatic carbocycles. The van der Waals surface area contributed by atoms with Crippen molar-refractivity contribution < 1.29 is 14.3 Å². The number of hydrogen-bond acceptors (Lipinski definition) is 6. The molecule has 0 radical (unpaired) electrons. The molecule has 0 fully saturated rings. The van der Waals surface area contributed by atoms with Gasteiger partial charge in [-0.25, -0.2) is 9.78 Å². The number of H-pyrrole nitrogens is 1. The quantitative estimate of drug-likeness (QED) is 0.468. The highest BCUT2D eigenvalue weighted by atomic mass is 16.5. The average Bonchev–Trinajstić information content (AvgIpc) is 2.99. The molecule has 0 bridgehead atoms. The minimum absolute atomic E-state index is 0.0398. The highest BCUT2D eigenvalue weighted by Crippen LogP contribution is 2.14. The molecule has 0 aromatic carbocycles. The molecule has 9 heteroatoms. The van der Waals surface area contributed by atoms with E-state index in [1.165, 1.54) is 4.57 Å². The number of unbranched alkanes of at least 4 members (excludes halogenated alkanes) is 1. The van der Waals surface area contributed by atoms with Crippen molar-refractivity contribution >= 4 is 17.1 Å². The summed E-state index contributed by atoms with van der Waals surface area (Å²) in [6.45, 7) is 5.47. The summed E-state index contributed by atoms with van der Waals surface area (Å²) in [4.78, 5) is 43.3. The Bertz CT molecular complexity index is 880. The molecule has 0 spiro atoms. The van der Waals surface area contributed by atoms with Gasteiger partial charge >= 0.3 is 11.7 Å². The van der Waals surface area contributed by atoms with E-state index in [9.17, 15) is 14.4 Å². The van der Waals surface area contributed by atoms with Crippen LogP contribution in [0.3, 0.4) is 0 Å². The summed E-state index contributed by atoms with van der Waals surface area (Å²) in [6.07, 6.45) is 3.31. The molecule has 2 rings (SSSR count). The number of aromatic nitrogens is 4. The summed E-state index contributed by atoms with van der Waals surface area (Å²) in [6, 6.07) is 0. The van der Waals surface area contributed by atoms with Crippen LogP contribution in [-0.4, -0.2) is 38.8 Å². The van der Waals surface area contributed by atoms with Gasteiger partial charge in [-0.1, -0.05) is 20.3 Å². The molecule has 2 heterocycles. The third kappa shape index (κ3) is 5.06. The zero-order valence-electron chi connectivity index (χ0n) is 16.2. The van der Waals surface area contributed by atoms with Crippen LogP contribution >= 0.6 is 0 Å². The van der Waals surface area contributed by atoms with E-state index in [1.807, 2.05) is 13.8 Å². The summed E-state index contributed by atoms with van der Waals surface area (Å²) in [5.41, 5.74) is -0.249. The lowest BCUT2D eigenvalue weighted by atomic mass is 10.3. The normalized spacial score (nSPS) is 11.2. The Morgan fingerprint density at radius 2 is 1.89 bits per heavy atom. The minimum atomic E-state index is -0.471. The van der Waals surface area contributed by atoms with E-state index >= 15 is 0 Å². The van der Waals surface area contributed by atoms with Crippen molar-refractivity contribution in [3.63, 3.8) is 0 Å². The fourth-order valence-electron chi connectivity index (χ4n) is 2.89. The van der Waals surface area contributed by atoms with Crippen molar-refractivity contribution in [1.29, 1.82) is 0 Å². The predicted molar refractivity (Wildman–Crippen MR) is 101 cm³/mol. The van der Waals surface area contributed by atoms with Crippen LogP contribution in [0.2, 0.25) is 0 Å². The van der Waals surface area contributed by atoms with Crippen molar-refractivity contribution in [2.45, 2.75) is 65.6 Å². The second-order valence-corrected chi connectivity index (χ2v) is 6.37. The van der Waals surface area contributed by atoms with Crippen LogP contribution < -0.4 is 11.2 Å². The Labute approximate surface area is 157 Å². The molecule has 0 aliphatic heterocycles. The lowest BCUT2D eigenvalue weighted by Crippen LogP contribution is -2.31. The zero-order chi connectivity index (χ0) is 19.8. The summed E-state index contributed by atoms with van der Waals surface area (Å²) in [5.74, 6) is 0.118. The van der Waals surface area contributed by atoms with Gasteiger partial charge in [-0.15, -0.1) is 0 Å². The van der Waals surface area contributed by atoms with Gasteiger partial charge in [-0.05, 0) is 19.3 Å². The van der Waals surface area contributed by atoms with Gasteiger partial charge in [-0.2, -0.15) is 0 Å². The molecule has 27 heavy (non-hydrogen) atoms. The first-order chi connectivity index (χ1) is 13.0. The molecule has 0 saturated heterocycles. The van der Waals surface area contributed by atoms with E-state index in [-0.39, 0.29) is 19.0 Å². The van der Waals surface area contributed by atoms with Crippen molar-refractivity contribution in [2.75, 3.05) is 13.7 Å². The second-order valence-electron chi connectivity index (χ2n) is 6.37. The van der Waals surface area contributed by atoms with Crippen LogP contribution in [0.4, 0.5) is 0 Å². The maximum Gasteiger partial charge on any atom is 0.330 e. The second kappa shape index (κ2) is 10.1. The van der Waals surface area contributed by atoms with Gasteiger partial charge < -0.3 is 14.0 Å². The molecule has 0 saturated carbocycles. The Morgan fingerprint density at radius 1 is 1.11 bits per heavy atom. The molecule has 150 valence electrons. The standard InChI is InChI=1S/C18H28N4O5/c1-4-6-10-22-16-15(17(24)20-18(22)25)21(9-5-2)13(19-16)12-27-14(23)8-7-11-26-3/h4-12H2,1-3H3,(H,20,24,25). The topological polar surface area (TPSA) is 108 Å². The van der Waals surface area contributed by atoms with Crippen LogP contribution in [0.5, 0.6) is 0 Å². The van der Waals surface area contributed by atoms with Crippen molar-refractivity contribution in [3.8, 4) is 0 Å². The maximum absolute atomic E-state index is 12.4. The molecule has 2 aromatic rings. The Hall–Kier alpha value is -2.42. The fourth-order valence-corrected chi connectivity index (χ4v) is 2.89. The fraction of sp³-hybridized carbons (Fsp3) is 0.667. The molecule has 9 nitrogen and oxygen atoms in total. The van der Waals surface area contributed by atoms with E-state index in [0.717, 1.165) is 19.3 Å². The molecule has 0 atom stereocenters. The number of ether oxygens (including phenoxy) is 2. The van der Waals surface area contributed by atoms with Gasteiger partial charge in [0.25, 0.3) is 5.56 Å².